The first-order chi connectivity index (χ1) is 18.7. The van der Waals surface area contributed by atoms with Gasteiger partial charge in [-0.25, -0.2) is 30.7 Å². The van der Waals surface area contributed by atoms with Gasteiger partial charge in [-0.05, 0) is 77.7 Å². The van der Waals surface area contributed by atoms with Crippen LogP contribution in [0.1, 0.15) is 24.2 Å². The second kappa shape index (κ2) is 10.8. The number of aliphatic hydroxyl groups is 1. The lowest BCUT2D eigenvalue weighted by Crippen LogP contribution is -2.02. The summed E-state index contributed by atoms with van der Waals surface area (Å²) in [5.74, 6) is -9.53. The maximum atomic E-state index is 15.0. The molecule has 1 unspecified atom stereocenters. The van der Waals surface area contributed by atoms with Crippen molar-refractivity contribution in [1.82, 2.24) is 0 Å². The topological polar surface area (TPSA) is 20.2 Å². The zero-order chi connectivity index (χ0) is 29.5. The van der Waals surface area contributed by atoms with Crippen molar-refractivity contribution in [3.8, 4) is 33.4 Å². The van der Waals surface area contributed by atoms with Crippen LogP contribution in [-0.2, 0) is 0 Å². The lowest BCUT2D eigenvalue weighted by Gasteiger charge is -2.13. The molecule has 0 aromatic heterocycles. The first-order valence-corrected chi connectivity index (χ1v) is 11.4. The van der Waals surface area contributed by atoms with E-state index in [4.69, 9.17) is 0 Å². The molecule has 4 rings (SSSR count). The Morgan fingerprint density at radius 2 is 1.02 bits per heavy atom. The van der Waals surface area contributed by atoms with Gasteiger partial charge in [0, 0.05) is 17.2 Å². The van der Waals surface area contributed by atoms with Gasteiger partial charge < -0.3 is 5.11 Å². The van der Waals surface area contributed by atoms with Crippen LogP contribution in [0.25, 0.3) is 39.5 Å². The van der Waals surface area contributed by atoms with Crippen LogP contribution in [-0.4, -0.2) is 11.3 Å². The van der Waals surface area contributed by atoms with E-state index in [1.807, 2.05) is 0 Å². The summed E-state index contributed by atoms with van der Waals surface area (Å²) < 4.78 is 140. The van der Waals surface area contributed by atoms with Gasteiger partial charge in [-0.2, -0.15) is 13.2 Å². The van der Waals surface area contributed by atoms with Crippen LogP contribution >= 0.6 is 0 Å². The van der Waals surface area contributed by atoms with Crippen LogP contribution in [0.15, 0.2) is 60.7 Å². The van der Waals surface area contributed by atoms with Crippen molar-refractivity contribution >= 4 is 6.08 Å². The van der Waals surface area contributed by atoms with Gasteiger partial charge in [-0.15, -0.1) is 0 Å². The second-order valence-corrected chi connectivity index (χ2v) is 8.77. The summed E-state index contributed by atoms with van der Waals surface area (Å²) >= 11 is 0. The van der Waals surface area contributed by atoms with E-state index < -0.39 is 86.9 Å². The Labute approximate surface area is 220 Å². The van der Waals surface area contributed by atoms with Gasteiger partial charge >= 0.3 is 6.18 Å². The maximum absolute atomic E-state index is 15.0. The summed E-state index contributed by atoms with van der Waals surface area (Å²) in [6.07, 6.45) is -6.17. The predicted molar refractivity (Wildman–Crippen MR) is 128 cm³/mol. The molecule has 0 heterocycles. The van der Waals surface area contributed by atoms with Gasteiger partial charge in [-0.3, -0.25) is 0 Å². The Morgan fingerprint density at radius 1 is 0.600 bits per heavy atom. The minimum Gasteiger partial charge on any atom is -0.389 e. The van der Waals surface area contributed by atoms with E-state index in [1.165, 1.54) is 19.1 Å². The van der Waals surface area contributed by atoms with E-state index in [9.17, 15) is 49.0 Å². The summed E-state index contributed by atoms with van der Waals surface area (Å²) in [6, 6.07) is 6.83. The number of alkyl halides is 3. The Balaban J connectivity index is 1.74. The SMILES string of the molecule is CC(O)c1ccc(-c2cc(F)c(-c3cc(F)c(-c4cc(F)c(/C=C/C(F)(F)F)c(F)c4)c(F)c3)c(F)c2)c(F)c1. The quantitative estimate of drug-likeness (QED) is 0.237. The molecule has 0 saturated heterocycles. The fraction of sp³-hybridized carbons (Fsp3) is 0.103. The van der Waals surface area contributed by atoms with Crippen molar-refractivity contribution in [2.24, 2.45) is 0 Å². The molecule has 0 fully saturated rings. The van der Waals surface area contributed by atoms with E-state index in [0.717, 1.165) is 18.2 Å². The fourth-order valence-corrected chi connectivity index (χ4v) is 4.09. The van der Waals surface area contributed by atoms with Crippen LogP contribution in [0.3, 0.4) is 0 Å². The highest BCUT2D eigenvalue weighted by molar-refractivity contribution is 5.76. The number of allylic oxidation sites excluding steroid dienone is 1. The smallest absolute Gasteiger partial charge is 0.389 e. The van der Waals surface area contributed by atoms with Crippen LogP contribution in [0.2, 0.25) is 0 Å². The number of halogens is 10. The Morgan fingerprint density at radius 3 is 1.43 bits per heavy atom. The molecule has 208 valence electrons. The van der Waals surface area contributed by atoms with E-state index in [2.05, 4.69) is 0 Å². The van der Waals surface area contributed by atoms with Gasteiger partial charge in [-0.1, -0.05) is 12.1 Å². The fourth-order valence-electron chi connectivity index (χ4n) is 4.09. The van der Waals surface area contributed by atoms with E-state index >= 15 is 0 Å². The van der Waals surface area contributed by atoms with Crippen LogP contribution in [0, 0.1) is 40.7 Å². The summed E-state index contributed by atoms with van der Waals surface area (Å²) in [5.41, 5.74) is -4.54. The number of aliphatic hydroxyl groups excluding tert-OH is 1. The standard InChI is InChI=1S/C29H16F10O/c1-13(40)14-2-3-18(20(30)6-14)15-7-23(33)28(24(34)8-15)17-11-25(35)27(26(36)12-17)16-9-21(31)19(22(32)10-16)4-5-29(37,38)39/h2-13,40H,1H3/b5-4+. The zero-order valence-electron chi connectivity index (χ0n) is 20.2. The minimum absolute atomic E-state index is 0.118. The van der Waals surface area contributed by atoms with Crippen molar-refractivity contribution in [2.45, 2.75) is 19.2 Å². The zero-order valence-corrected chi connectivity index (χ0v) is 20.2. The van der Waals surface area contributed by atoms with Gasteiger partial charge in [0.2, 0.25) is 0 Å². The molecule has 0 aliphatic heterocycles. The molecule has 0 amide bonds. The first kappa shape index (κ1) is 28.9. The molecule has 0 bridgehead atoms. The average Bonchev–Trinajstić information content (AvgIpc) is 2.81. The van der Waals surface area contributed by atoms with Gasteiger partial charge in [0.1, 0.15) is 40.7 Å². The molecule has 40 heavy (non-hydrogen) atoms. The average molecular weight is 570 g/mol. The Kier molecular flexibility index (Phi) is 7.80. The predicted octanol–water partition coefficient (Wildman–Crippen LogP) is 9.29. The summed E-state index contributed by atoms with van der Waals surface area (Å²) in [7, 11) is 0. The molecule has 0 radical (unpaired) electrons. The largest absolute Gasteiger partial charge is 0.409 e. The molecular weight excluding hydrogens is 554 g/mol. The molecular formula is C29H16F10O. The highest BCUT2D eigenvalue weighted by Gasteiger charge is 2.24. The number of hydrogen-bond acceptors (Lipinski definition) is 1. The normalized spacial score (nSPS) is 12.8. The molecule has 11 heteroatoms. The van der Waals surface area contributed by atoms with E-state index in [1.54, 1.807) is 0 Å². The highest BCUT2D eigenvalue weighted by atomic mass is 19.4. The first-order valence-electron chi connectivity index (χ1n) is 11.4. The van der Waals surface area contributed by atoms with Gasteiger partial charge in [0.25, 0.3) is 0 Å². The molecule has 0 saturated carbocycles. The Hall–Kier alpha value is -4.12. The number of hydrogen-bond donors (Lipinski definition) is 1. The molecule has 1 nitrogen and oxygen atoms in total. The molecule has 0 aliphatic rings. The number of rotatable bonds is 5. The lowest BCUT2D eigenvalue weighted by molar-refractivity contribution is -0.0790. The molecule has 0 aliphatic carbocycles. The minimum atomic E-state index is -4.87. The van der Waals surface area contributed by atoms with E-state index in [0.29, 0.717) is 24.3 Å². The van der Waals surface area contributed by atoms with Crippen molar-refractivity contribution < 1.29 is 49.0 Å². The van der Waals surface area contributed by atoms with Gasteiger partial charge in [0.05, 0.1) is 17.2 Å². The van der Waals surface area contributed by atoms with Crippen molar-refractivity contribution in [1.29, 1.82) is 0 Å². The molecule has 1 atom stereocenters. The molecule has 1 N–H and O–H groups in total. The summed E-state index contributed by atoms with van der Waals surface area (Å²) in [4.78, 5) is 0. The highest BCUT2D eigenvalue weighted by Crippen LogP contribution is 2.37. The monoisotopic (exact) mass is 570 g/mol. The third-order valence-corrected chi connectivity index (χ3v) is 5.97. The maximum Gasteiger partial charge on any atom is 0.409 e. The van der Waals surface area contributed by atoms with Crippen LogP contribution < -0.4 is 0 Å². The Bertz CT molecular complexity index is 1570. The van der Waals surface area contributed by atoms with Crippen LogP contribution in [0.5, 0.6) is 0 Å². The number of benzene rings is 4. The van der Waals surface area contributed by atoms with Gasteiger partial charge in [0.15, 0.2) is 0 Å². The lowest BCUT2D eigenvalue weighted by atomic mass is 9.95. The van der Waals surface area contributed by atoms with E-state index in [-0.39, 0.29) is 22.8 Å². The third-order valence-electron chi connectivity index (χ3n) is 5.97. The van der Waals surface area contributed by atoms with Crippen molar-refractivity contribution in [3.63, 3.8) is 0 Å². The molecule has 4 aromatic rings. The molecule has 0 spiro atoms. The molecule has 4 aromatic carbocycles. The van der Waals surface area contributed by atoms with Crippen molar-refractivity contribution in [3.05, 3.63) is 113 Å². The summed E-state index contributed by atoms with van der Waals surface area (Å²) in [5, 5.41) is 9.56. The third kappa shape index (κ3) is 5.89. The summed E-state index contributed by atoms with van der Waals surface area (Å²) in [6.45, 7) is 1.39. The van der Waals surface area contributed by atoms with Crippen LogP contribution in [0.4, 0.5) is 43.9 Å². The van der Waals surface area contributed by atoms with Crippen molar-refractivity contribution in [2.75, 3.05) is 0 Å². The second-order valence-electron chi connectivity index (χ2n) is 8.77.